The van der Waals surface area contributed by atoms with Crippen LogP contribution in [-0.4, -0.2) is 41.8 Å². The highest BCUT2D eigenvalue weighted by molar-refractivity contribution is 6.27. The Kier molecular flexibility index (Phi) is 7.08. The topological polar surface area (TPSA) is 69.7 Å². The molecule has 4 aromatic carbocycles. The van der Waals surface area contributed by atoms with Crippen LogP contribution in [0, 0.1) is 5.92 Å². The van der Waals surface area contributed by atoms with Crippen molar-refractivity contribution in [2.75, 3.05) is 18.0 Å². The number of imide groups is 1. The van der Waals surface area contributed by atoms with Crippen molar-refractivity contribution in [1.82, 2.24) is 10.2 Å². The second-order valence-corrected chi connectivity index (χ2v) is 12.0. The lowest BCUT2D eigenvalue weighted by Crippen LogP contribution is -2.53. The molecule has 4 aromatic rings. The Labute approximate surface area is 246 Å². The predicted octanol–water partition coefficient (Wildman–Crippen LogP) is 5.65. The molecular formula is C36H35N3O3. The molecule has 212 valence electrons. The van der Waals surface area contributed by atoms with E-state index in [-0.39, 0.29) is 18.2 Å². The van der Waals surface area contributed by atoms with Gasteiger partial charge in [-0.3, -0.25) is 29.5 Å². The summed E-state index contributed by atoms with van der Waals surface area (Å²) in [6.45, 7) is 3.36. The van der Waals surface area contributed by atoms with Crippen LogP contribution in [0.3, 0.4) is 0 Å². The minimum Gasteiger partial charge on any atom is -0.299 e. The second kappa shape index (κ2) is 11.2. The van der Waals surface area contributed by atoms with Crippen LogP contribution >= 0.6 is 0 Å². The standard InChI is InChI=1S/C36H35N3O3/c40-33-16-15-32(35(41)37-33)39-31-14-13-28(29-7-4-8-30(34(29)31)36(39)42)22-25-11-9-24(10-12-25)21-26-17-19-38(20-18-26)23-27-5-2-1-3-6-27/h1-14,26,32H,15-23H2,(H,37,40,41). The Hall–Kier alpha value is -4.29. The Morgan fingerprint density at radius 1 is 0.738 bits per heavy atom. The van der Waals surface area contributed by atoms with Crippen LogP contribution in [0.25, 0.3) is 10.8 Å². The molecule has 6 nitrogen and oxygen atoms in total. The van der Waals surface area contributed by atoms with Gasteiger partial charge in [0.25, 0.3) is 5.91 Å². The Balaban J connectivity index is 1.02. The molecule has 3 amide bonds. The van der Waals surface area contributed by atoms with E-state index in [1.165, 1.54) is 29.5 Å². The zero-order valence-corrected chi connectivity index (χ0v) is 23.7. The van der Waals surface area contributed by atoms with Crippen LogP contribution in [0.1, 0.15) is 58.3 Å². The van der Waals surface area contributed by atoms with E-state index in [9.17, 15) is 14.4 Å². The molecule has 2 saturated heterocycles. The smallest absolute Gasteiger partial charge is 0.259 e. The van der Waals surface area contributed by atoms with Crippen molar-refractivity contribution in [2.45, 2.75) is 51.1 Å². The fourth-order valence-corrected chi connectivity index (χ4v) is 7.00. The van der Waals surface area contributed by atoms with Gasteiger partial charge < -0.3 is 0 Å². The fourth-order valence-electron chi connectivity index (χ4n) is 7.00. The van der Waals surface area contributed by atoms with Crippen LogP contribution in [0.5, 0.6) is 0 Å². The zero-order chi connectivity index (χ0) is 28.6. The highest BCUT2D eigenvalue weighted by atomic mass is 16.2. The van der Waals surface area contributed by atoms with E-state index in [2.05, 4.69) is 76.9 Å². The van der Waals surface area contributed by atoms with Crippen molar-refractivity contribution in [3.05, 3.63) is 113 Å². The van der Waals surface area contributed by atoms with Gasteiger partial charge in [0.1, 0.15) is 6.04 Å². The second-order valence-electron chi connectivity index (χ2n) is 12.0. The number of benzene rings is 4. The molecule has 0 spiro atoms. The largest absolute Gasteiger partial charge is 0.299 e. The molecule has 7 rings (SSSR count). The van der Waals surface area contributed by atoms with E-state index in [1.54, 1.807) is 4.90 Å². The molecule has 3 aliphatic heterocycles. The summed E-state index contributed by atoms with van der Waals surface area (Å²) in [5, 5.41) is 4.34. The number of amides is 3. The predicted molar refractivity (Wildman–Crippen MR) is 164 cm³/mol. The van der Waals surface area contributed by atoms with E-state index in [0.717, 1.165) is 60.4 Å². The Bertz CT molecular complexity index is 1660. The van der Waals surface area contributed by atoms with E-state index in [0.29, 0.717) is 12.0 Å². The first-order chi connectivity index (χ1) is 20.5. The van der Waals surface area contributed by atoms with Crippen molar-refractivity contribution < 1.29 is 14.4 Å². The third-order valence-corrected chi connectivity index (χ3v) is 9.24. The van der Waals surface area contributed by atoms with Gasteiger partial charge in [-0.15, -0.1) is 0 Å². The molecule has 42 heavy (non-hydrogen) atoms. The highest BCUT2D eigenvalue weighted by Gasteiger charge is 2.40. The summed E-state index contributed by atoms with van der Waals surface area (Å²) >= 11 is 0. The van der Waals surface area contributed by atoms with Gasteiger partial charge in [-0.1, -0.05) is 72.8 Å². The maximum atomic E-state index is 13.4. The molecule has 0 saturated carbocycles. The number of piperidine rings is 2. The Morgan fingerprint density at radius 3 is 2.26 bits per heavy atom. The number of anilines is 1. The first-order valence-electron chi connectivity index (χ1n) is 15.1. The van der Waals surface area contributed by atoms with Gasteiger partial charge in [0, 0.05) is 23.9 Å². The van der Waals surface area contributed by atoms with E-state index in [4.69, 9.17) is 0 Å². The normalized spacial score (nSPS) is 19.5. The monoisotopic (exact) mass is 557 g/mol. The third-order valence-electron chi connectivity index (χ3n) is 9.24. The third kappa shape index (κ3) is 5.12. The van der Waals surface area contributed by atoms with Crippen molar-refractivity contribution >= 4 is 34.2 Å². The SMILES string of the molecule is O=C1CCC(N2C(=O)c3cccc4c(Cc5ccc(CC6CCN(Cc7ccccc7)CC6)cc5)ccc2c34)C(=O)N1. The van der Waals surface area contributed by atoms with Crippen molar-refractivity contribution in [2.24, 2.45) is 5.92 Å². The summed E-state index contributed by atoms with van der Waals surface area (Å²) in [6.07, 6.45) is 4.95. The molecule has 0 bridgehead atoms. The highest BCUT2D eigenvalue weighted by Crippen LogP contribution is 2.41. The molecule has 1 atom stereocenters. The van der Waals surface area contributed by atoms with E-state index >= 15 is 0 Å². The zero-order valence-electron chi connectivity index (χ0n) is 23.7. The van der Waals surface area contributed by atoms with Gasteiger partial charge in [-0.2, -0.15) is 0 Å². The molecule has 2 fully saturated rings. The number of carbonyl (C=O) groups excluding carboxylic acids is 3. The summed E-state index contributed by atoms with van der Waals surface area (Å²) in [5.74, 6) is -0.125. The fraction of sp³-hybridized carbons (Fsp3) is 0.306. The van der Waals surface area contributed by atoms with Crippen molar-refractivity contribution in [3.63, 3.8) is 0 Å². The number of nitrogens with zero attached hydrogens (tertiary/aromatic N) is 2. The molecule has 3 heterocycles. The maximum absolute atomic E-state index is 13.4. The quantitative estimate of drug-likeness (QED) is 0.298. The molecule has 3 aliphatic rings. The van der Waals surface area contributed by atoms with Gasteiger partial charge >= 0.3 is 0 Å². The molecule has 0 aromatic heterocycles. The molecule has 0 aliphatic carbocycles. The number of hydrogen-bond donors (Lipinski definition) is 1. The number of nitrogens with one attached hydrogen (secondary N) is 1. The number of carbonyl (C=O) groups is 3. The Morgan fingerprint density at radius 2 is 1.50 bits per heavy atom. The van der Waals surface area contributed by atoms with Crippen LogP contribution in [0.4, 0.5) is 5.69 Å². The maximum Gasteiger partial charge on any atom is 0.259 e. The van der Waals surface area contributed by atoms with Crippen molar-refractivity contribution in [1.29, 1.82) is 0 Å². The molecule has 1 unspecified atom stereocenters. The number of rotatable bonds is 7. The summed E-state index contributed by atoms with van der Waals surface area (Å²) < 4.78 is 0. The summed E-state index contributed by atoms with van der Waals surface area (Å²) in [4.78, 5) is 41.9. The van der Waals surface area contributed by atoms with Gasteiger partial charge in [-0.25, -0.2) is 0 Å². The lowest BCUT2D eigenvalue weighted by molar-refractivity contribution is -0.134. The molecular weight excluding hydrogens is 522 g/mol. The van der Waals surface area contributed by atoms with E-state index in [1.807, 2.05) is 18.2 Å². The van der Waals surface area contributed by atoms with E-state index < -0.39 is 11.9 Å². The van der Waals surface area contributed by atoms with Crippen molar-refractivity contribution in [3.8, 4) is 0 Å². The lowest BCUT2D eigenvalue weighted by atomic mass is 9.89. The minimum absolute atomic E-state index is 0.169. The van der Waals surface area contributed by atoms with Gasteiger partial charge in [0.15, 0.2) is 0 Å². The van der Waals surface area contributed by atoms with Gasteiger partial charge in [0.2, 0.25) is 11.8 Å². The van der Waals surface area contributed by atoms with Crippen LogP contribution < -0.4 is 10.2 Å². The minimum atomic E-state index is -0.666. The first kappa shape index (κ1) is 26.6. The van der Waals surface area contributed by atoms with Gasteiger partial charge in [-0.05, 0) is 90.9 Å². The average molecular weight is 558 g/mol. The summed E-state index contributed by atoms with van der Waals surface area (Å²) in [6, 6.07) is 29.0. The summed E-state index contributed by atoms with van der Waals surface area (Å²) in [7, 11) is 0. The first-order valence-corrected chi connectivity index (χ1v) is 15.1. The number of likely N-dealkylation sites (tertiary alicyclic amines) is 1. The molecule has 1 N–H and O–H groups in total. The van der Waals surface area contributed by atoms with Crippen LogP contribution in [0.2, 0.25) is 0 Å². The number of hydrogen-bond acceptors (Lipinski definition) is 4. The lowest BCUT2D eigenvalue weighted by Gasteiger charge is -2.32. The molecule has 6 heteroatoms. The summed E-state index contributed by atoms with van der Waals surface area (Å²) in [5.41, 5.74) is 6.57. The van der Waals surface area contributed by atoms with Crippen LogP contribution in [-0.2, 0) is 29.0 Å². The van der Waals surface area contributed by atoms with Crippen LogP contribution in [0.15, 0.2) is 84.9 Å². The van der Waals surface area contributed by atoms with Gasteiger partial charge in [0.05, 0.1) is 5.69 Å². The average Bonchev–Trinajstić information content (AvgIpc) is 3.29. The molecule has 0 radical (unpaired) electrons.